The fourth-order valence-electron chi connectivity index (χ4n) is 2.40. The number of ether oxygens (including phenoxy) is 3. The summed E-state index contributed by atoms with van der Waals surface area (Å²) in [6.07, 6.45) is 0. The second-order valence-corrected chi connectivity index (χ2v) is 4.52. The molecule has 5 nitrogen and oxygen atoms in total. The summed E-state index contributed by atoms with van der Waals surface area (Å²) in [7, 11) is 4.93. The molecule has 0 saturated carbocycles. The van der Waals surface area contributed by atoms with Gasteiger partial charge in [-0.05, 0) is 6.07 Å². The van der Waals surface area contributed by atoms with E-state index in [2.05, 4.69) is 10.2 Å². The minimum atomic E-state index is 0. The predicted octanol–water partition coefficient (Wildman–Crippen LogP) is -1.88. The molecule has 0 spiro atoms. The summed E-state index contributed by atoms with van der Waals surface area (Å²) in [5.74, 6) is 2.13. The monoisotopic (exact) mass is 301 g/mol. The van der Waals surface area contributed by atoms with Crippen molar-refractivity contribution in [1.29, 1.82) is 0 Å². The van der Waals surface area contributed by atoms with E-state index >= 15 is 0 Å². The van der Waals surface area contributed by atoms with E-state index in [1.54, 1.807) is 21.3 Å². The number of methoxy groups -OCH3 is 3. The maximum atomic E-state index is 5.50. The van der Waals surface area contributed by atoms with Gasteiger partial charge in [-0.2, -0.15) is 0 Å². The molecule has 0 unspecified atom stereocenters. The molecule has 6 heteroatoms. The number of hydrogen-bond acceptors (Lipinski definition) is 5. The number of rotatable bonds is 5. The van der Waals surface area contributed by atoms with Crippen LogP contribution in [0.2, 0.25) is 0 Å². The number of nitrogens with zero attached hydrogens (tertiary/aromatic N) is 1. The Morgan fingerprint density at radius 1 is 1.00 bits per heavy atom. The molecule has 1 aromatic carbocycles. The van der Waals surface area contributed by atoms with Crippen LogP contribution in [0.4, 0.5) is 0 Å². The normalized spacial score (nSPS) is 15.3. The lowest BCUT2D eigenvalue weighted by atomic mass is 10.1. The molecule has 0 atom stereocenters. The first-order chi connectivity index (χ1) is 9.30. The van der Waals surface area contributed by atoms with E-state index in [1.807, 2.05) is 12.1 Å². The number of hydrogen-bond donors (Lipinski definition) is 1. The molecular formula is C14H22ClN2O3-. The standard InChI is InChI=1S/C14H22N2O3.ClH/c1-17-12-5-4-11(13(18-2)14(12)19-3)10-16-8-6-15-7-9-16;/h4-5,15H,6-10H2,1-3H3;1H/p-1. The van der Waals surface area contributed by atoms with Gasteiger partial charge in [-0.1, -0.05) is 6.07 Å². The number of piperazine rings is 1. The summed E-state index contributed by atoms with van der Waals surface area (Å²) in [5, 5.41) is 3.35. The molecule has 1 heterocycles. The zero-order valence-electron chi connectivity index (χ0n) is 12.2. The summed E-state index contributed by atoms with van der Waals surface area (Å²) in [4.78, 5) is 2.40. The highest BCUT2D eigenvalue weighted by Crippen LogP contribution is 2.40. The van der Waals surface area contributed by atoms with Crippen molar-refractivity contribution < 1.29 is 26.6 Å². The molecule has 2 rings (SSSR count). The highest BCUT2D eigenvalue weighted by atomic mass is 35.5. The van der Waals surface area contributed by atoms with E-state index < -0.39 is 0 Å². The lowest BCUT2D eigenvalue weighted by Gasteiger charge is -2.28. The molecule has 1 aliphatic heterocycles. The van der Waals surface area contributed by atoms with E-state index in [0.29, 0.717) is 11.5 Å². The number of nitrogens with one attached hydrogen (secondary N) is 1. The van der Waals surface area contributed by atoms with E-state index in [0.717, 1.165) is 44.0 Å². The first kappa shape index (κ1) is 16.9. The zero-order valence-corrected chi connectivity index (χ0v) is 13.0. The summed E-state index contributed by atoms with van der Waals surface area (Å²) < 4.78 is 16.2. The van der Waals surface area contributed by atoms with Gasteiger partial charge in [-0.25, -0.2) is 0 Å². The topological polar surface area (TPSA) is 43.0 Å². The Bertz CT molecular complexity index is 423. The van der Waals surface area contributed by atoms with Crippen molar-refractivity contribution in [3.63, 3.8) is 0 Å². The third kappa shape index (κ3) is 3.69. The van der Waals surface area contributed by atoms with Crippen LogP contribution in [-0.2, 0) is 6.54 Å². The van der Waals surface area contributed by atoms with Gasteiger partial charge in [0.25, 0.3) is 0 Å². The molecule has 1 aliphatic rings. The van der Waals surface area contributed by atoms with Crippen molar-refractivity contribution in [2.45, 2.75) is 6.54 Å². The molecule has 0 aliphatic carbocycles. The Kier molecular flexibility index (Phi) is 6.91. The minimum Gasteiger partial charge on any atom is -1.00 e. The van der Waals surface area contributed by atoms with Crippen LogP contribution in [-0.4, -0.2) is 52.4 Å². The lowest BCUT2D eigenvalue weighted by molar-refractivity contribution is -0.00000474. The van der Waals surface area contributed by atoms with Crippen molar-refractivity contribution in [3.8, 4) is 17.2 Å². The molecule has 20 heavy (non-hydrogen) atoms. The molecule has 0 aromatic heterocycles. The van der Waals surface area contributed by atoms with Gasteiger partial charge in [0, 0.05) is 38.3 Å². The van der Waals surface area contributed by atoms with Crippen LogP contribution < -0.4 is 31.9 Å². The smallest absolute Gasteiger partial charge is 0.203 e. The Labute approximate surface area is 126 Å². The second kappa shape index (κ2) is 8.19. The summed E-state index contributed by atoms with van der Waals surface area (Å²) in [6, 6.07) is 3.97. The van der Waals surface area contributed by atoms with Crippen LogP contribution in [0.3, 0.4) is 0 Å². The van der Waals surface area contributed by atoms with E-state index in [9.17, 15) is 0 Å². The van der Waals surface area contributed by atoms with E-state index in [-0.39, 0.29) is 12.4 Å². The van der Waals surface area contributed by atoms with Gasteiger partial charge in [-0.3, -0.25) is 4.90 Å². The van der Waals surface area contributed by atoms with Gasteiger partial charge in [0.2, 0.25) is 5.75 Å². The third-order valence-corrected chi connectivity index (χ3v) is 3.39. The van der Waals surface area contributed by atoms with Gasteiger partial charge in [0.05, 0.1) is 21.3 Å². The molecule has 0 amide bonds. The van der Waals surface area contributed by atoms with E-state index in [4.69, 9.17) is 14.2 Å². The van der Waals surface area contributed by atoms with Gasteiger partial charge >= 0.3 is 0 Å². The molecule has 1 fully saturated rings. The summed E-state index contributed by atoms with van der Waals surface area (Å²) in [5.41, 5.74) is 1.13. The van der Waals surface area contributed by atoms with Crippen LogP contribution in [0.1, 0.15) is 5.56 Å². The largest absolute Gasteiger partial charge is 1.00 e. The van der Waals surface area contributed by atoms with Crippen molar-refractivity contribution in [3.05, 3.63) is 17.7 Å². The Balaban J connectivity index is 0.00000200. The van der Waals surface area contributed by atoms with Crippen LogP contribution in [0.15, 0.2) is 12.1 Å². The first-order valence-corrected chi connectivity index (χ1v) is 6.51. The quantitative estimate of drug-likeness (QED) is 0.690. The highest BCUT2D eigenvalue weighted by molar-refractivity contribution is 5.55. The first-order valence-electron chi connectivity index (χ1n) is 6.51. The Morgan fingerprint density at radius 2 is 1.65 bits per heavy atom. The molecule has 1 N–H and O–H groups in total. The lowest BCUT2D eigenvalue weighted by Crippen LogP contribution is -3.00. The SMILES string of the molecule is COc1ccc(CN2CCNCC2)c(OC)c1OC.[Cl-]. The van der Waals surface area contributed by atoms with Crippen molar-refractivity contribution in [2.75, 3.05) is 47.5 Å². The van der Waals surface area contributed by atoms with Crippen molar-refractivity contribution in [1.82, 2.24) is 10.2 Å². The summed E-state index contributed by atoms with van der Waals surface area (Å²) >= 11 is 0. The van der Waals surface area contributed by atoms with Gasteiger partial charge in [0.1, 0.15) is 0 Å². The molecule has 1 saturated heterocycles. The molecule has 0 bridgehead atoms. The highest BCUT2D eigenvalue weighted by Gasteiger charge is 2.18. The van der Waals surface area contributed by atoms with E-state index in [1.165, 1.54) is 0 Å². The maximum Gasteiger partial charge on any atom is 0.203 e. The second-order valence-electron chi connectivity index (χ2n) is 4.52. The maximum absolute atomic E-state index is 5.50. The van der Waals surface area contributed by atoms with Crippen molar-refractivity contribution >= 4 is 0 Å². The van der Waals surface area contributed by atoms with Gasteiger partial charge in [0.15, 0.2) is 11.5 Å². The number of benzene rings is 1. The number of halogens is 1. The minimum absolute atomic E-state index is 0. The fourth-order valence-corrected chi connectivity index (χ4v) is 2.40. The zero-order chi connectivity index (χ0) is 13.7. The Hall–Kier alpha value is -1.17. The average Bonchev–Trinajstić information content (AvgIpc) is 2.47. The van der Waals surface area contributed by atoms with Crippen LogP contribution in [0.5, 0.6) is 17.2 Å². The molecular weight excluding hydrogens is 280 g/mol. The van der Waals surface area contributed by atoms with Crippen LogP contribution in [0, 0.1) is 0 Å². The van der Waals surface area contributed by atoms with Gasteiger partial charge in [-0.15, -0.1) is 0 Å². The average molecular weight is 302 g/mol. The molecule has 0 radical (unpaired) electrons. The van der Waals surface area contributed by atoms with Crippen LogP contribution >= 0.6 is 0 Å². The van der Waals surface area contributed by atoms with Crippen LogP contribution in [0.25, 0.3) is 0 Å². The van der Waals surface area contributed by atoms with Crippen molar-refractivity contribution in [2.24, 2.45) is 0 Å². The predicted molar refractivity (Wildman–Crippen MR) is 74.2 cm³/mol. The molecule has 114 valence electrons. The molecule has 1 aromatic rings. The summed E-state index contributed by atoms with van der Waals surface area (Å²) in [6.45, 7) is 5.05. The van der Waals surface area contributed by atoms with Gasteiger partial charge < -0.3 is 31.9 Å². The Morgan fingerprint density at radius 3 is 2.20 bits per heavy atom. The third-order valence-electron chi connectivity index (χ3n) is 3.39. The fraction of sp³-hybridized carbons (Fsp3) is 0.571.